The molecule has 1 aliphatic carbocycles. The van der Waals surface area contributed by atoms with Gasteiger partial charge in [-0.3, -0.25) is 4.90 Å². The summed E-state index contributed by atoms with van der Waals surface area (Å²) in [5.74, 6) is 0.744. The Kier molecular flexibility index (Phi) is 6.90. The topological polar surface area (TPSA) is 74.8 Å². The van der Waals surface area contributed by atoms with Crippen molar-refractivity contribution in [3.63, 3.8) is 0 Å². The van der Waals surface area contributed by atoms with E-state index in [1.165, 1.54) is 55.5 Å². The fraction of sp³-hybridized carbons (Fsp3) is 0.611. The highest BCUT2D eigenvalue weighted by molar-refractivity contribution is 5.90. The maximum atomic E-state index is 13.1. The number of aromatic hydroxyl groups is 1. The summed E-state index contributed by atoms with van der Waals surface area (Å²) in [4.78, 5) is 9.21. The van der Waals surface area contributed by atoms with Gasteiger partial charge < -0.3 is 25.4 Å². The highest BCUT2D eigenvalue weighted by atomic mass is 16.3. The van der Waals surface area contributed by atoms with E-state index in [0.717, 1.165) is 75.6 Å². The fourth-order valence-corrected chi connectivity index (χ4v) is 10.2. The Morgan fingerprint density at radius 3 is 2.74 bits per heavy atom. The second-order valence-electron chi connectivity index (χ2n) is 14.2. The molecule has 8 rings (SSSR count). The molecule has 0 saturated carbocycles. The van der Waals surface area contributed by atoms with Crippen LogP contribution in [0.1, 0.15) is 81.5 Å². The summed E-state index contributed by atoms with van der Waals surface area (Å²) < 4.78 is 0. The Bertz CT molecular complexity index is 1420. The van der Waals surface area contributed by atoms with Crippen LogP contribution in [0.4, 0.5) is 0 Å². The molecule has 0 radical (unpaired) electrons. The second-order valence-corrected chi connectivity index (χ2v) is 14.2. The Labute approximate surface area is 250 Å². The van der Waals surface area contributed by atoms with E-state index in [2.05, 4.69) is 56.5 Å². The molecule has 3 bridgehead atoms. The lowest BCUT2D eigenvalue weighted by molar-refractivity contribution is -0.0984. The van der Waals surface area contributed by atoms with Crippen LogP contribution in [0.2, 0.25) is 0 Å². The van der Waals surface area contributed by atoms with Crippen molar-refractivity contribution in [3.8, 4) is 5.75 Å². The van der Waals surface area contributed by atoms with Crippen molar-refractivity contribution < 1.29 is 10.2 Å². The van der Waals surface area contributed by atoms with Gasteiger partial charge in [0.1, 0.15) is 5.75 Å². The molecular formula is C36H48N4O2. The van der Waals surface area contributed by atoms with E-state index in [-0.39, 0.29) is 17.5 Å². The van der Waals surface area contributed by atoms with Crippen molar-refractivity contribution in [2.45, 2.75) is 94.4 Å². The minimum absolute atomic E-state index is 0.0155. The number of phenolic OH excluding ortho intramolecular Hbond substituents is 1. The number of nitrogens with zero attached hydrogens (tertiary/aromatic N) is 2. The first-order valence-electron chi connectivity index (χ1n) is 16.9. The number of rotatable bonds is 1. The van der Waals surface area contributed by atoms with Crippen LogP contribution >= 0.6 is 0 Å². The van der Waals surface area contributed by atoms with Gasteiger partial charge in [-0.1, -0.05) is 42.5 Å². The summed E-state index contributed by atoms with van der Waals surface area (Å²) in [6.45, 7) is 5.38. The fourth-order valence-electron chi connectivity index (χ4n) is 10.2. The number of fused-ring (bicyclic) bond motifs is 5. The van der Waals surface area contributed by atoms with Crippen LogP contribution < -0.4 is 5.32 Å². The number of allylic oxidation sites excluding steroid dienone is 3. The number of phenols is 1. The van der Waals surface area contributed by atoms with Gasteiger partial charge in [-0.15, -0.1) is 0 Å². The molecular weight excluding hydrogens is 520 g/mol. The van der Waals surface area contributed by atoms with Gasteiger partial charge in [0.15, 0.2) is 0 Å². The smallest absolute Gasteiger partial charge is 0.139 e. The Hall–Kier alpha value is -2.38. The van der Waals surface area contributed by atoms with E-state index in [9.17, 15) is 10.2 Å². The van der Waals surface area contributed by atoms with Crippen LogP contribution in [-0.4, -0.2) is 75.4 Å². The highest BCUT2D eigenvalue weighted by Crippen LogP contribution is 2.61. The zero-order chi connectivity index (χ0) is 28.3. The van der Waals surface area contributed by atoms with Crippen molar-refractivity contribution >= 4 is 10.9 Å². The zero-order valence-electron chi connectivity index (χ0n) is 25.0. The molecule has 42 heavy (non-hydrogen) atoms. The molecule has 224 valence electrons. The third kappa shape index (κ3) is 4.28. The largest absolute Gasteiger partial charge is 0.506 e. The van der Waals surface area contributed by atoms with Crippen LogP contribution in [0, 0.1) is 11.3 Å². The number of hydrogen-bond donors (Lipinski definition) is 4. The molecule has 6 heterocycles. The van der Waals surface area contributed by atoms with Crippen LogP contribution in [0.5, 0.6) is 5.75 Å². The zero-order valence-corrected chi connectivity index (χ0v) is 25.0. The van der Waals surface area contributed by atoms with E-state index in [1.807, 2.05) is 6.07 Å². The lowest BCUT2D eigenvalue weighted by atomic mass is 9.54. The summed E-state index contributed by atoms with van der Waals surface area (Å²) in [5.41, 5.74) is 3.91. The van der Waals surface area contributed by atoms with Crippen molar-refractivity contribution in [2.75, 3.05) is 32.7 Å². The standard InChI is InChI=1S/C36H48N4O2/c41-30-14-11-13-26-27-15-18-37-32(33(27)38-31(26)30)28-23-36(42)17-8-4-1-2-5-9-19-39-21-16-29(28)35(24-39)22-25-12-7-3-6-10-20-40(25)34(35)36/h1,4,7,11-14,23,25,29,32,34,37-38,41-42H,2-3,5-6,8-10,15-22,24H2/b4-1-,12-7-/t25-,29-,32?,34+,35-,36-/m0/s1. The van der Waals surface area contributed by atoms with Crippen molar-refractivity contribution in [2.24, 2.45) is 11.3 Å². The molecule has 2 aromatic rings. The van der Waals surface area contributed by atoms with Crippen LogP contribution in [0.3, 0.4) is 0 Å². The van der Waals surface area contributed by atoms with Crippen molar-refractivity contribution in [1.82, 2.24) is 20.1 Å². The van der Waals surface area contributed by atoms with Crippen LogP contribution in [-0.2, 0) is 6.42 Å². The van der Waals surface area contributed by atoms with Crippen LogP contribution in [0.15, 0.2) is 54.2 Å². The van der Waals surface area contributed by atoms with Crippen LogP contribution in [0.25, 0.3) is 10.9 Å². The second kappa shape index (κ2) is 10.7. The number of para-hydroxylation sites is 1. The van der Waals surface area contributed by atoms with E-state index < -0.39 is 5.60 Å². The van der Waals surface area contributed by atoms with E-state index in [4.69, 9.17) is 0 Å². The van der Waals surface area contributed by atoms with Gasteiger partial charge in [0, 0.05) is 35.6 Å². The molecule has 6 aliphatic rings. The maximum absolute atomic E-state index is 13.1. The number of aliphatic hydroxyl groups is 1. The summed E-state index contributed by atoms with van der Waals surface area (Å²) in [6.07, 6.45) is 24.2. The summed E-state index contributed by atoms with van der Waals surface area (Å²) >= 11 is 0. The van der Waals surface area contributed by atoms with E-state index >= 15 is 0 Å². The number of nitrogens with one attached hydrogen (secondary N) is 2. The first-order chi connectivity index (χ1) is 20.6. The molecule has 6 heteroatoms. The van der Waals surface area contributed by atoms with Gasteiger partial charge in [0.2, 0.25) is 0 Å². The normalized spacial score (nSPS) is 40.3. The number of aromatic amines is 1. The number of hydrogen-bond acceptors (Lipinski definition) is 5. The molecule has 0 amide bonds. The van der Waals surface area contributed by atoms with Crippen molar-refractivity contribution in [1.29, 1.82) is 0 Å². The Morgan fingerprint density at radius 1 is 0.952 bits per heavy atom. The minimum atomic E-state index is -0.886. The maximum Gasteiger partial charge on any atom is 0.139 e. The number of H-pyrrole nitrogens is 1. The Morgan fingerprint density at radius 2 is 1.81 bits per heavy atom. The lowest BCUT2D eigenvalue weighted by Crippen LogP contribution is -2.66. The molecule has 1 aromatic carbocycles. The average Bonchev–Trinajstić information content (AvgIpc) is 3.50. The molecule has 6 nitrogen and oxygen atoms in total. The summed E-state index contributed by atoms with van der Waals surface area (Å²) in [7, 11) is 0. The first kappa shape index (κ1) is 27.2. The average molecular weight is 569 g/mol. The molecule has 2 unspecified atom stereocenters. The predicted molar refractivity (Wildman–Crippen MR) is 169 cm³/mol. The third-order valence-corrected chi connectivity index (χ3v) is 11.8. The third-order valence-electron chi connectivity index (χ3n) is 11.8. The molecule has 5 aliphatic heterocycles. The van der Waals surface area contributed by atoms with Gasteiger partial charge in [-0.2, -0.15) is 0 Å². The minimum Gasteiger partial charge on any atom is -0.506 e. The number of piperidine rings is 1. The molecule has 1 aromatic heterocycles. The number of benzene rings is 1. The monoisotopic (exact) mass is 568 g/mol. The Balaban J connectivity index is 1.30. The van der Waals surface area contributed by atoms with Gasteiger partial charge in [0.05, 0.1) is 23.2 Å². The summed E-state index contributed by atoms with van der Waals surface area (Å²) in [5, 5.41) is 28.9. The highest BCUT2D eigenvalue weighted by Gasteiger charge is 2.66. The molecule has 4 N–H and O–H groups in total. The molecule has 7 atom stereocenters. The molecule has 2 saturated heterocycles. The van der Waals surface area contributed by atoms with E-state index in [1.54, 1.807) is 6.07 Å². The van der Waals surface area contributed by atoms with Gasteiger partial charge in [-0.05, 0) is 113 Å². The SMILES string of the molecule is Oc1cccc2c3c([nH]c12)C(C1=C[C@@]2(O)CC/C=C\CCCCN4CC[C@@H]1[C@]1(C[C@@H]5/C=C\CCCCN5[C@H]12)C4)NCC3. The number of aromatic nitrogens is 1. The van der Waals surface area contributed by atoms with E-state index in [0.29, 0.717) is 17.7 Å². The lowest BCUT2D eigenvalue weighted by Gasteiger charge is -2.59. The first-order valence-corrected chi connectivity index (χ1v) is 16.9. The predicted octanol–water partition coefficient (Wildman–Crippen LogP) is 5.74. The molecule has 1 spiro atoms. The quantitative estimate of drug-likeness (QED) is 0.330. The van der Waals surface area contributed by atoms with Gasteiger partial charge >= 0.3 is 0 Å². The summed E-state index contributed by atoms with van der Waals surface area (Å²) in [6, 6.07) is 6.47. The van der Waals surface area contributed by atoms with Crippen molar-refractivity contribution in [3.05, 3.63) is 65.4 Å². The molecule has 2 fully saturated rings. The van der Waals surface area contributed by atoms with Gasteiger partial charge in [0.25, 0.3) is 0 Å². The van der Waals surface area contributed by atoms with Gasteiger partial charge in [-0.25, -0.2) is 0 Å².